The fourth-order valence-corrected chi connectivity index (χ4v) is 2.56. The maximum Gasteiger partial charge on any atom is 0.161 e. The van der Waals surface area contributed by atoms with Crippen LogP contribution in [-0.4, -0.2) is 29.7 Å². The summed E-state index contributed by atoms with van der Waals surface area (Å²) in [6, 6.07) is 0. The fraction of sp³-hybridized carbons (Fsp3) is 0.933. The van der Waals surface area contributed by atoms with E-state index in [0.29, 0.717) is 19.3 Å². The predicted molar refractivity (Wildman–Crippen MR) is 72.6 cm³/mol. The van der Waals surface area contributed by atoms with Crippen molar-refractivity contribution in [3.63, 3.8) is 0 Å². The van der Waals surface area contributed by atoms with E-state index in [9.17, 15) is 4.79 Å². The second-order valence-electron chi connectivity index (χ2n) is 5.32. The third-order valence-corrected chi connectivity index (χ3v) is 3.67. The number of carbonyl (C=O) groups is 1. The number of ether oxygens (including phenoxy) is 1. The standard InChI is InChI=1S/C15H28O3/c1-2-3-4-5-8-13-9-6-10-14(17)15(18-13)11-7-12-16/h13,15-16H,2-12H2,1H3/t13-,15+/m0/s1. The van der Waals surface area contributed by atoms with Crippen molar-refractivity contribution >= 4 is 5.78 Å². The molecule has 0 aromatic heterocycles. The van der Waals surface area contributed by atoms with Crippen molar-refractivity contribution < 1.29 is 14.6 Å². The van der Waals surface area contributed by atoms with Crippen LogP contribution in [0.1, 0.15) is 71.1 Å². The summed E-state index contributed by atoms with van der Waals surface area (Å²) in [5.41, 5.74) is 0. The van der Waals surface area contributed by atoms with Crippen LogP contribution in [0.2, 0.25) is 0 Å². The van der Waals surface area contributed by atoms with Gasteiger partial charge < -0.3 is 9.84 Å². The largest absolute Gasteiger partial charge is 0.396 e. The van der Waals surface area contributed by atoms with Crippen molar-refractivity contribution in [3.05, 3.63) is 0 Å². The van der Waals surface area contributed by atoms with Crippen LogP contribution >= 0.6 is 0 Å². The van der Waals surface area contributed by atoms with Crippen molar-refractivity contribution in [1.29, 1.82) is 0 Å². The molecule has 0 saturated carbocycles. The quantitative estimate of drug-likeness (QED) is 0.678. The topological polar surface area (TPSA) is 46.5 Å². The molecule has 1 aliphatic rings. The summed E-state index contributed by atoms with van der Waals surface area (Å²) < 4.78 is 5.95. The summed E-state index contributed by atoms with van der Waals surface area (Å²) >= 11 is 0. The van der Waals surface area contributed by atoms with Crippen molar-refractivity contribution in [1.82, 2.24) is 0 Å². The molecule has 3 heteroatoms. The summed E-state index contributed by atoms with van der Waals surface area (Å²) in [5, 5.41) is 8.85. The number of aliphatic hydroxyl groups excluding tert-OH is 1. The molecule has 0 aromatic carbocycles. The summed E-state index contributed by atoms with van der Waals surface area (Å²) in [4.78, 5) is 11.8. The molecule has 0 bridgehead atoms. The first-order valence-electron chi connectivity index (χ1n) is 7.57. The van der Waals surface area contributed by atoms with Crippen LogP contribution in [0.3, 0.4) is 0 Å². The van der Waals surface area contributed by atoms with E-state index in [1.165, 1.54) is 25.7 Å². The van der Waals surface area contributed by atoms with E-state index in [-0.39, 0.29) is 24.6 Å². The number of carbonyl (C=O) groups excluding carboxylic acids is 1. The second kappa shape index (κ2) is 9.51. The molecule has 3 nitrogen and oxygen atoms in total. The Balaban J connectivity index is 2.31. The average Bonchev–Trinajstić information content (AvgIpc) is 2.54. The molecule has 0 radical (unpaired) electrons. The molecule has 1 saturated heterocycles. The van der Waals surface area contributed by atoms with E-state index in [2.05, 4.69) is 6.92 Å². The minimum atomic E-state index is -0.254. The summed E-state index contributed by atoms with van der Waals surface area (Å²) in [6.07, 6.45) is 10.1. The van der Waals surface area contributed by atoms with E-state index >= 15 is 0 Å². The monoisotopic (exact) mass is 256 g/mol. The van der Waals surface area contributed by atoms with Crippen LogP contribution in [0.4, 0.5) is 0 Å². The van der Waals surface area contributed by atoms with Crippen molar-refractivity contribution in [3.8, 4) is 0 Å². The smallest absolute Gasteiger partial charge is 0.161 e. The zero-order valence-corrected chi connectivity index (χ0v) is 11.7. The first kappa shape index (κ1) is 15.6. The minimum absolute atomic E-state index is 0.147. The Labute approximate surface area is 111 Å². The van der Waals surface area contributed by atoms with Crippen LogP contribution in [0.25, 0.3) is 0 Å². The molecular weight excluding hydrogens is 228 g/mol. The van der Waals surface area contributed by atoms with Crippen LogP contribution < -0.4 is 0 Å². The number of rotatable bonds is 8. The van der Waals surface area contributed by atoms with E-state index in [1.54, 1.807) is 0 Å². The maximum atomic E-state index is 11.8. The molecule has 1 heterocycles. The lowest BCUT2D eigenvalue weighted by Crippen LogP contribution is -2.26. The molecule has 0 aliphatic carbocycles. The highest BCUT2D eigenvalue weighted by atomic mass is 16.5. The Hall–Kier alpha value is -0.410. The van der Waals surface area contributed by atoms with Gasteiger partial charge in [0.05, 0.1) is 6.10 Å². The molecule has 0 spiro atoms. The molecule has 0 unspecified atom stereocenters. The van der Waals surface area contributed by atoms with Gasteiger partial charge in [-0.25, -0.2) is 0 Å². The highest BCUT2D eigenvalue weighted by molar-refractivity contribution is 5.83. The van der Waals surface area contributed by atoms with Gasteiger partial charge in [0.25, 0.3) is 0 Å². The van der Waals surface area contributed by atoms with Gasteiger partial charge in [0.2, 0.25) is 0 Å². The lowest BCUT2D eigenvalue weighted by atomic mass is 10.0. The summed E-state index contributed by atoms with van der Waals surface area (Å²) in [6.45, 7) is 2.36. The Kier molecular flexibility index (Phi) is 8.27. The van der Waals surface area contributed by atoms with Crippen molar-refractivity contribution in [2.45, 2.75) is 83.3 Å². The number of unbranched alkanes of at least 4 members (excludes halogenated alkanes) is 3. The van der Waals surface area contributed by atoms with Gasteiger partial charge in [0, 0.05) is 13.0 Å². The van der Waals surface area contributed by atoms with Gasteiger partial charge >= 0.3 is 0 Å². The van der Waals surface area contributed by atoms with Gasteiger partial charge in [0.15, 0.2) is 5.78 Å². The molecule has 18 heavy (non-hydrogen) atoms. The third kappa shape index (κ3) is 5.96. The van der Waals surface area contributed by atoms with Gasteiger partial charge in [-0.3, -0.25) is 4.79 Å². The summed E-state index contributed by atoms with van der Waals surface area (Å²) in [5.74, 6) is 0.236. The van der Waals surface area contributed by atoms with Crippen LogP contribution in [0.5, 0.6) is 0 Å². The Morgan fingerprint density at radius 1 is 1.22 bits per heavy atom. The maximum absolute atomic E-state index is 11.8. The number of hydrogen-bond donors (Lipinski definition) is 1. The Bertz CT molecular complexity index is 228. The van der Waals surface area contributed by atoms with Gasteiger partial charge in [-0.15, -0.1) is 0 Å². The summed E-state index contributed by atoms with van der Waals surface area (Å²) in [7, 11) is 0. The average molecular weight is 256 g/mol. The fourth-order valence-electron chi connectivity index (χ4n) is 2.56. The molecule has 2 atom stereocenters. The zero-order valence-electron chi connectivity index (χ0n) is 11.7. The second-order valence-corrected chi connectivity index (χ2v) is 5.32. The van der Waals surface area contributed by atoms with Crippen LogP contribution in [-0.2, 0) is 9.53 Å². The Morgan fingerprint density at radius 3 is 2.78 bits per heavy atom. The first-order chi connectivity index (χ1) is 8.77. The van der Waals surface area contributed by atoms with E-state index in [4.69, 9.17) is 9.84 Å². The van der Waals surface area contributed by atoms with E-state index < -0.39 is 0 Å². The lowest BCUT2D eigenvalue weighted by Gasteiger charge is -2.20. The first-order valence-corrected chi connectivity index (χ1v) is 7.57. The SMILES string of the molecule is CCCCCC[C@H]1CCCC(=O)[C@@H](CCCO)O1. The minimum Gasteiger partial charge on any atom is -0.396 e. The van der Waals surface area contributed by atoms with Gasteiger partial charge in [-0.1, -0.05) is 32.6 Å². The molecule has 0 aromatic rings. The molecule has 1 rings (SSSR count). The zero-order chi connectivity index (χ0) is 13.2. The predicted octanol–water partition coefficient (Wildman–Crippen LogP) is 3.24. The van der Waals surface area contributed by atoms with Crippen LogP contribution in [0.15, 0.2) is 0 Å². The number of aliphatic hydroxyl groups is 1. The highest BCUT2D eigenvalue weighted by Gasteiger charge is 2.26. The molecule has 0 amide bonds. The third-order valence-electron chi connectivity index (χ3n) is 3.67. The highest BCUT2D eigenvalue weighted by Crippen LogP contribution is 2.22. The van der Waals surface area contributed by atoms with Gasteiger partial charge in [0.1, 0.15) is 6.10 Å². The number of Topliss-reactive ketones (excluding diaryl/α,β-unsaturated/α-hetero) is 1. The van der Waals surface area contributed by atoms with E-state index in [0.717, 1.165) is 19.3 Å². The Morgan fingerprint density at radius 2 is 2.06 bits per heavy atom. The number of ketones is 1. The number of hydrogen-bond acceptors (Lipinski definition) is 3. The molecule has 106 valence electrons. The lowest BCUT2D eigenvalue weighted by molar-refractivity contribution is -0.133. The van der Waals surface area contributed by atoms with Crippen LogP contribution in [0, 0.1) is 0 Å². The molecule has 1 aliphatic heterocycles. The van der Waals surface area contributed by atoms with Crippen molar-refractivity contribution in [2.75, 3.05) is 6.61 Å². The molecule has 1 fully saturated rings. The van der Waals surface area contributed by atoms with E-state index in [1.807, 2.05) is 0 Å². The van der Waals surface area contributed by atoms with Crippen molar-refractivity contribution in [2.24, 2.45) is 0 Å². The molecular formula is C15H28O3. The van der Waals surface area contributed by atoms with Gasteiger partial charge in [-0.05, 0) is 32.1 Å². The normalized spacial score (nSPS) is 25.1. The van der Waals surface area contributed by atoms with Gasteiger partial charge in [-0.2, -0.15) is 0 Å². The molecule has 1 N–H and O–H groups in total.